The van der Waals surface area contributed by atoms with Crippen molar-refractivity contribution < 1.29 is 19.2 Å². The Balaban J connectivity index is 1.55. The molecule has 9 heteroatoms. The molecule has 138 valence electrons. The summed E-state index contributed by atoms with van der Waals surface area (Å²) in [5.41, 5.74) is 4.83. The minimum Gasteiger partial charge on any atom is -0.345 e. The van der Waals surface area contributed by atoms with E-state index in [4.69, 9.17) is 0 Å². The van der Waals surface area contributed by atoms with Crippen molar-refractivity contribution in [3.05, 3.63) is 34.3 Å². The zero-order valence-electron chi connectivity index (χ0n) is 14.0. The molecule has 1 unspecified atom stereocenters. The Labute approximate surface area is 158 Å². The van der Waals surface area contributed by atoms with Gasteiger partial charge in [0.25, 0.3) is 11.8 Å². The number of hydrogen-bond acceptors (Lipinski definition) is 4. The molecule has 0 radical (unpaired) electrons. The fourth-order valence-electron chi connectivity index (χ4n) is 2.78. The molecule has 1 aromatic carbocycles. The summed E-state index contributed by atoms with van der Waals surface area (Å²) < 4.78 is 0.858. The van der Waals surface area contributed by atoms with E-state index in [-0.39, 0.29) is 11.9 Å². The first-order valence-electron chi connectivity index (χ1n) is 8.43. The highest BCUT2D eigenvalue weighted by atomic mass is 79.9. The monoisotopic (exact) mass is 422 g/mol. The van der Waals surface area contributed by atoms with Gasteiger partial charge in [0.2, 0.25) is 0 Å². The molecule has 1 heterocycles. The average Bonchev–Trinajstić information content (AvgIpc) is 3.31. The van der Waals surface area contributed by atoms with E-state index in [2.05, 4.69) is 32.1 Å². The van der Waals surface area contributed by atoms with Crippen molar-refractivity contribution in [3.63, 3.8) is 0 Å². The molecule has 2 aliphatic rings. The van der Waals surface area contributed by atoms with Gasteiger partial charge in [-0.25, -0.2) is 0 Å². The van der Waals surface area contributed by atoms with E-state index in [0.717, 1.165) is 17.3 Å². The van der Waals surface area contributed by atoms with Gasteiger partial charge < -0.3 is 10.2 Å². The Kier molecular flexibility index (Phi) is 5.55. The number of amides is 4. The molecule has 8 nitrogen and oxygen atoms in total. The van der Waals surface area contributed by atoms with Crippen LogP contribution in [-0.2, 0) is 14.4 Å². The molecular formula is C17H19BrN4O4. The van der Waals surface area contributed by atoms with Crippen LogP contribution in [0.15, 0.2) is 28.7 Å². The van der Waals surface area contributed by atoms with Crippen molar-refractivity contribution in [1.29, 1.82) is 0 Å². The summed E-state index contributed by atoms with van der Waals surface area (Å²) in [4.78, 5) is 49.7. The highest BCUT2D eigenvalue weighted by molar-refractivity contribution is 9.10. The number of benzene rings is 1. The predicted molar refractivity (Wildman–Crippen MR) is 95.7 cm³/mol. The van der Waals surface area contributed by atoms with Crippen LogP contribution in [0, 0.1) is 0 Å². The van der Waals surface area contributed by atoms with Gasteiger partial charge in [0.1, 0.15) is 6.04 Å². The number of hydrazine groups is 1. The number of nitrogens with one attached hydrogen (secondary N) is 3. The van der Waals surface area contributed by atoms with E-state index in [9.17, 15) is 19.2 Å². The lowest BCUT2D eigenvalue weighted by Gasteiger charge is -2.24. The topological polar surface area (TPSA) is 108 Å². The molecule has 2 fully saturated rings. The van der Waals surface area contributed by atoms with E-state index in [0.29, 0.717) is 24.9 Å². The molecular weight excluding hydrogens is 404 g/mol. The smallest absolute Gasteiger partial charge is 0.327 e. The second kappa shape index (κ2) is 7.86. The molecule has 0 aromatic heterocycles. The summed E-state index contributed by atoms with van der Waals surface area (Å²) in [7, 11) is 0. The second-order valence-corrected chi connectivity index (χ2v) is 7.27. The highest BCUT2D eigenvalue weighted by Gasteiger charge is 2.35. The molecule has 4 amide bonds. The Bertz CT molecular complexity index is 733. The molecule has 3 rings (SSSR count). The summed E-state index contributed by atoms with van der Waals surface area (Å²) in [6, 6.07) is 6.26. The van der Waals surface area contributed by atoms with E-state index >= 15 is 0 Å². The number of hydrogen-bond donors (Lipinski definition) is 3. The molecule has 1 saturated heterocycles. The molecule has 0 spiro atoms. The van der Waals surface area contributed by atoms with Crippen molar-refractivity contribution in [1.82, 2.24) is 21.1 Å². The number of nitrogens with zero attached hydrogens (tertiary/aromatic N) is 1. The van der Waals surface area contributed by atoms with Crippen LogP contribution in [-0.4, -0.2) is 47.2 Å². The van der Waals surface area contributed by atoms with Crippen LogP contribution >= 0.6 is 15.9 Å². The van der Waals surface area contributed by atoms with E-state index in [1.165, 1.54) is 4.90 Å². The number of likely N-dealkylation sites (tertiary alicyclic amines) is 1. The quantitative estimate of drug-likeness (QED) is 0.486. The Hall–Kier alpha value is -2.42. The van der Waals surface area contributed by atoms with Crippen LogP contribution in [0.2, 0.25) is 0 Å². The third-order valence-corrected chi connectivity index (χ3v) is 4.85. The Morgan fingerprint density at radius 2 is 1.65 bits per heavy atom. The van der Waals surface area contributed by atoms with Crippen molar-refractivity contribution in [2.24, 2.45) is 0 Å². The van der Waals surface area contributed by atoms with Gasteiger partial charge in [0, 0.05) is 22.6 Å². The van der Waals surface area contributed by atoms with Gasteiger partial charge in [-0.3, -0.25) is 30.0 Å². The third kappa shape index (κ3) is 4.40. The number of halogens is 1. The molecule has 26 heavy (non-hydrogen) atoms. The summed E-state index contributed by atoms with van der Waals surface area (Å²) in [6.45, 7) is 0.461. The van der Waals surface area contributed by atoms with Crippen molar-refractivity contribution in [3.8, 4) is 0 Å². The average molecular weight is 423 g/mol. The largest absolute Gasteiger partial charge is 0.345 e. The maximum atomic E-state index is 12.6. The fraction of sp³-hybridized carbons (Fsp3) is 0.412. The molecule has 1 aliphatic carbocycles. The standard InChI is InChI=1S/C17H19BrN4O4/c18-11-5-3-10(4-6-11)17(26)22-9-1-2-13(22)14(23)20-21-16(25)15(24)19-12-7-8-12/h3-6,12-13H,1-2,7-9H2,(H,19,24)(H,20,23)(H,21,25). The van der Waals surface area contributed by atoms with Gasteiger partial charge >= 0.3 is 11.8 Å². The first kappa shape index (κ1) is 18.4. The maximum absolute atomic E-state index is 12.6. The van der Waals surface area contributed by atoms with Gasteiger partial charge in [-0.05, 0) is 49.9 Å². The van der Waals surface area contributed by atoms with Crippen molar-refractivity contribution in [2.75, 3.05) is 6.54 Å². The van der Waals surface area contributed by atoms with Crippen LogP contribution in [0.4, 0.5) is 0 Å². The molecule has 1 saturated carbocycles. The van der Waals surface area contributed by atoms with Gasteiger partial charge in [-0.2, -0.15) is 0 Å². The lowest BCUT2D eigenvalue weighted by atomic mass is 10.1. The third-order valence-electron chi connectivity index (χ3n) is 4.33. The van der Waals surface area contributed by atoms with Crippen LogP contribution < -0.4 is 16.2 Å². The Morgan fingerprint density at radius 3 is 2.31 bits per heavy atom. The summed E-state index contributed by atoms with van der Waals surface area (Å²) in [6.07, 6.45) is 2.91. The molecule has 3 N–H and O–H groups in total. The highest BCUT2D eigenvalue weighted by Crippen LogP contribution is 2.21. The second-order valence-electron chi connectivity index (χ2n) is 6.35. The molecule has 1 aliphatic heterocycles. The summed E-state index contributed by atoms with van der Waals surface area (Å²) in [5.74, 6) is -2.45. The lowest BCUT2D eigenvalue weighted by Crippen LogP contribution is -2.54. The zero-order chi connectivity index (χ0) is 18.7. The van der Waals surface area contributed by atoms with Crippen molar-refractivity contribution in [2.45, 2.75) is 37.8 Å². The van der Waals surface area contributed by atoms with Crippen LogP contribution in [0.25, 0.3) is 0 Å². The fourth-order valence-corrected chi connectivity index (χ4v) is 3.04. The first-order chi connectivity index (χ1) is 12.5. The SMILES string of the molecule is O=C(NNC(=O)C1CCCN1C(=O)c1ccc(Br)cc1)C(=O)NC1CC1. The predicted octanol–water partition coefficient (Wildman–Crippen LogP) is 0.480. The molecule has 0 bridgehead atoms. The van der Waals surface area contributed by atoms with Crippen molar-refractivity contribution >= 4 is 39.6 Å². The number of carbonyl (C=O) groups is 4. The minimum absolute atomic E-state index is 0.0535. The number of rotatable bonds is 3. The van der Waals surface area contributed by atoms with E-state index < -0.39 is 23.8 Å². The van der Waals surface area contributed by atoms with E-state index in [1.54, 1.807) is 24.3 Å². The molecule has 1 aromatic rings. The van der Waals surface area contributed by atoms with Crippen LogP contribution in [0.3, 0.4) is 0 Å². The van der Waals surface area contributed by atoms with Gasteiger partial charge in [0.05, 0.1) is 0 Å². The lowest BCUT2D eigenvalue weighted by molar-refractivity contribution is -0.141. The Morgan fingerprint density at radius 1 is 0.962 bits per heavy atom. The summed E-state index contributed by atoms with van der Waals surface area (Å²) in [5, 5.41) is 2.53. The normalized spacial score (nSPS) is 19.0. The van der Waals surface area contributed by atoms with Gasteiger partial charge in [-0.1, -0.05) is 15.9 Å². The van der Waals surface area contributed by atoms with Gasteiger partial charge in [-0.15, -0.1) is 0 Å². The van der Waals surface area contributed by atoms with E-state index in [1.807, 2.05) is 0 Å². The maximum Gasteiger partial charge on any atom is 0.327 e. The number of carbonyl (C=O) groups excluding carboxylic acids is 4. The first-order valence-corrected chi connectivity index (χ1v) is 9.22. The minimum atomic E-state index is -0.922. The van der Waals surface area contributed by atoms with Crippen LogP contribution in [0.5, 0.6) is 0 Å². The zero-order valence-corrected chi connectivity index (χ0v) is 15.5. The van der Waals surface area contributed by atoms with Crippen LogP contribution in [0.1, 0.15) is 36.0 Å². The summed E-state index contributed by atoms with van der Waals surface area (Å²) >= 11 is 3.32. The van der Waals surface area contributed by atoms with Gasteiger partial charge in [0.15, 0.2) is 0 Å². The molecule has 1 atom stereocenters.